The third-order valence-corrected chi connectivity index (χ3v) is 15.0. The minimum Gasteiger partial charge on any atom is -0.693 e. The van der Waals surface area contributed by atoms with Gasteiger partial charge in [-0.05, 0) is 106 Å². The number of rotatable bonds is 1. The fourth-order valence-corrected chi connectivity index (χ4v) is 11.0. The fraction of sp³-hybridized carbons (Fsp3) is 0.0462. The first-order chi connectivity index (χ1) is 36.5. The van der Waals surface area contributed by atoms with Crippen LogP contribution in [0, 0.1) is 44.5 Å². The van der Waals surface area contributed by atoms with Crippen LogP contribution in [0.1, 0.15) is 22.3 Å². The zero-order valence-corrected chi connectivity index (χ0v) is 47.2. The largest absolute Gasteiger partial charge is 2.00 e. The Morgan fingerprint density at radius 2 is 0.785 bits per heavy atom. The van der Waals surface area contributed by atoms with Crippen molar-refractivity contribution in [3.05, 3.63) is 290 Å². The molecule has 392 valence electrons. The first kappa shape index (κ1) is 59.7. The van der Waals surface area contributed by atoms with E-state index in [-0.39, 0.29) is 38.5 Å². The van der Waals surface area contributed by atoms with Gasteiger partial charge in [0.15, 0.2) is 23.3 Å². The van der Waals surface area contributed by atoms with E-state index in [1.165, 1.54) is 32.3 Å². The standard InChI is InChI=1S/C18H12.C13H10N2.C13H10O2S.C12H8N2.C8H6F4.CH3.H2N.H2O.Zn/c1-2-8-14-13(7-1)15-9-3-4-11-17(15)18-12-6-5-10-16(14)18;1-2-6-11(7-3-1)15-10-14-12-8-4-5-9-13(12)15;14-16(15)12-7-3-1-5-10(12)9-11-6-2-4-8-13(11)16;1-3-9-5-6-10-4-2-8-14-12(10)11(9)13-7-1;1-3-5(9)7(11)4(2)8(12)6(3)10;;;;/h1-12H;1-10H;1-8H,9H2;1-8H;1-2H3;1H3;2*1H2;/q;;;;;2*-1;;+2. The Balaban J connectivity index is 0.000000159. The molecule has 4 heterocycles. The smallest absolute Gasteiger partial charge is 0.693 e. The summed E-state index contributed by atoms with van der Waals surface area (Å²) in [5.74, 6) is -5.31. The van der Waals surface area contributed by atoms with Gasteiger partial charge in [0.2, 0.25) is 9.84 Å². The monoisotopic (exact) mass is 1120 g/mol. The van der Waals surface area contributed by atoms with Crippen LogP contribution in [-0.4, -0.2) is 33.4 Å². The molecule has 0 amide bonds. The Hall–Kier alpha value is -8.52. The molecule has 14 rings (SSSR count). The van der Waals surface area contributed by atoms with Crippen LogP contribution < -0.4 is 0 Å². The van der Waals surface area contributed by atoms with Gasteiger partial charge in [-0.1, -0.05) is 164 Å². The molecule has 0 aliphatic carbocycles. The normalized spacial score (nSPS) is 11.4. The fourth-order valence-electron chi connectivity index (χ4n) is 9.29. The molecule has 1 aliphatic rings. The summed E-state index contributed by atoms with van der Waals surface area (Å²) in [5.41, 5.74) is 5.79. The van der Waals surface area contributed by atoms with Gasteiger partial charge in [-0.25, -0.2) is 31.0 Å². The summed E-state index contributed by atoms with van der Waals surface area (Å²) in [6.07, 6.45) is 6.17. The van der Waals surface area contributed by atoms with Crippen molar-refractivity contribution in [1.29, 1.82) is 0 Å². The van der Waals surface area contributed by atoms with Crippen LogP contribution >= 0.6 is 0 Å². The van der Waals surface area contributed by atoms with Crippen molar-refractivity contribution >= 4 is 75.0 Å². The molecule has 10 aromatic carbocycles. The molecule has 0 bridgehead atoms. The van der Waals surface area contributed by atoms with Gasteiger partial charge in [0.1, 0.15) is 6.33 Å². The Morgan fingerprint density at radius 1 is 0.430 bits per heavy atom. The number of para-hydroxylation sites is 3. The summed E-state index contributed by atoms with van der Waals surface area (Å²) in [6, 6.07) is 70.9. The second kappa shape index (κ2) is 26.2. The topological polar surface area (TPSA) is 143 Å². The molecule has 0 saturated carbocycles. The molecule has 1 aliphatic heterocycles. The van der Waals surface area contributed by atoms with Crippen LogP contribution in [0.2, 0.25) is 0 Å². The zero-order valence-electron chi connectivity index (χ0n) is 43.5. The van der Waals surface area contributed by atoms with Gasteiger partial charge < -0.3 is 19.1 Å². The predicted molar refractivity (Wildman–Crippen MR) is 309 cm³/mol. The molecule has 0 spiro atoms. The van der Waals surface area contributed by atoms with Gasteiger partial charge in [0, 0.05) is 46.4 Å². The van der Waals surface area contributed by atoms with Gasteiger partial charge in [-0.3, -0.25) is 14.5 Å². The van der Waals surface area contributed by atoms with Crippen molar-refractivity contribution < 1.29 is 50.9 Å². The summed E-state index contributed by atoms with van der Waals surface area (Å²) in [7, 11) is -3.30. The van der Waals surface area contributed by atoms with Gasteiger partial charge in [-0.15, -0.1) is 0 Å². The van der Waals surface area contributed by atoms with Gasteiger partial charge in [-0.2, -0.15) is 0 Å². The van der Waals surface area contributed by atoms with E-state index in [1.807, 2.05) is 79.1 Å². The average molecular weight is 1130 g/mol. The van der Waals surface area contributed by atoms with Crippen molar-refractivity contribution in [3.63, 3.8) is 0 Å². The van der Waals surface area contributed by atoms with Crippen molar-refractivity contribution in [1.82, 2.24) is 19.5 Å². The third kappa shape index (κ3) is 12.1. The number of aromatic nitrogens is 4. The van der Waals surface area contributed by atoms with E-state index >= 15 is 0 Å². The molecule has 0 saturated heterocycles. The number of hydrogen-bond donors (Lipinski definition) is 0. The molecular weight excluding hydrogens is 1070 g/mol. The molecule has 13 aromatic rings. The van der Waals surface area contributed by atoms with E-state index in [0.29, 0.717) is 16.2 Å². The maximum absolute atomic E-state index is 12.7. The number of nitrogens with zero attached hydrogens (tertiary/aromatic N) is 4. The number of pyridine rings is 2. The quantitative estimate of drug-likeness (QED) is 0.0529. The molecule has 4 N–H and O–H groups in total. The second-order valence-electron chi connectivity index (χ2n) is 17.7. The zero-order chi connectivity index (χ0) is 52.1. The summed E-state index contributed by atoms with van der Waals surface area (Å²) in [6.45, 7) is 1.96. The summed E-state index contributed by atoms with van der Waals surface area (Å²) >= 11 is 0. The molecule has 0 radical (unpaired) electrons. The van der Waals surface area contributed by atoms with Crippen LogP contribution in [-0.2, 0) is 35.7 Å². The molecule has 0 atom stereocenters. The number of sulfone groups is 1. The molecular formula is C65H53F4N5O3SZn. The SMILES string of the molecule is Cc1c(F)c(F)c(C)c(F)c1F.O.O=S1(=O)c2ccccc2Cc2ccccc21.[CH3-].[NH2-].[Zn+2].c1ccc(-n2cnc3ccccc32)cc1.c1ccc2c(c1)c1ccccc1c1ccccc21.c1cnc2c(c1)ccc1cccnc12. The van der Waals surface area contributed by atoms with Crippen molar-refractivity contribution in [2.24, 2.45) is 0 Å². The van der Waals surface area contributed by atoms with Crippen molar-refractivity contribution in [3.8, 4) is 5.69 Å². The number of imidazole rings is 1. The molecule has 14 heteroatoms. The minimum absolute atomic E-state index is 0. The molecule has 8 nitrogen and oxygen atoms in total. The number of fused-ring (bicyclic) bond motifs is 12. The summed E-state index contributed by atoms with van der Waals surface area (Å²) < 4.78 is 77.3. The third-order valence-electron chi connectivity index (χ3n) is 13.1. The Morgan fingerprint density at radius 3 is 1.20 bits per heavy atom. The maximum Gasteiger partial charge on any atom is 2.00 e. The van der Waals surface area contributed by atoms with Crippen molar-refractivity contribution in [2.75, 3.05) is 0 Å². The average Bonchev–Trinajstić information content (AvgIpc) is 3.99. The number of benzene rings is 10. The summed E-state index contributed by atoms with van der Waals surface area (Å²) in [4.78, 5) is 14.0. The molecule has 0 unspecified atom stereocenters. The Labute approximate surface area is 468 Å². The Bertz CT molecular complexity index is 3920. The first-order valence-corrected chi connectivity index (χ1v) is 25.5. The van der Waals surface area contributed by atoms with Gasteiger partial charge in [0.05, 0.1) is 31.9 Å². The first-order valence-electron chi connectivity index (χ1n) is 24.1. The maximum atomic E-state index is 12.7. The van der Waals surface area contributed by atoms with Crippen molar-refractivity contribution in [2.45, 2.75) is 30.1 Å². The van der Waals surface area contributed by atoms with Crippen LogP contribution in [0.15, 0.2) is 241 Å². The van der Waals surface area contributed by atoms with E-state index in [1.54, 1.807) is 36.7 Å². The van der Waals surface area contributed by atoms with Crippen LogP contribution in [0.3, 0.4) is 0 Å². The van der Waals surface area contributed by atoms with Gasteiger partial charge >= 0.3 is 19.5 Å². The van der Waals surface area contributed by atoms with Crippen LogP contribution in [0.4, 0.5) is 17.6 Å². The molecule has 79 heavy (non-hydrogen) atoms. The van der Waals surface area contributed by atoms with Gasteiger partial charge in [0.25, 0.3) is 0 Å². The van der Waals surface area contributed by atoms with E-state index in [9.17, 15) is 26.0 Å². The number of nitrogens with two attached hydrogens (primary N) is 1. The summed E-state index contributed by atoms with van der Waals surface area (Å²) in [5, 5.41) is 10.3. The molecule has 3 aromatic heterocycles. The van der Waals surface area contributed by atoms with E-state index in [0.717, 1.165) is 63.5 Å². The minimum atomic E-state index is -3.30. The van der Waals surface area contributed by atoms with Crippen LogP contribution in [0.25, 0.3) is 77.0 Å². The van der Waals surface area contributed by atoms with E-state index in [2.05, 4.69) is 135 Å². The predicted octanol–water partition coefficient (Wildman–Crippen LogP) is 16.6. The van der Waals surface area contributed by atoms with E-state index < -0.39 is 44.2 Å². The van der Waals surface area contributed by atoms with E-state index in [4.69, 9.17) is 0 Å². The second-order valence-corrected chi connectivity index (χ2v) is 19.6. The number of hydrogen-bond acceptors (Lipinski definition) is 5. The van der Waals surface area contributed by atoms with Crippen LogP contribution in [0.5, 0.6) is 0 Å². The number of halogens is 4. The Kier molecular flexibility index (Phi) is 19.8. The molecule has 0 fully saturated rings.